The Balaban J connectivity index is 2.47. The maximum absolute atomic E-state index is 13.2. The van der Waals surface area contributed by atoms with Crippen molar-refractivity contribution in [2.75, 3.05) is 0 Å². The number of hydrogen-bond acceptors (Lipinski definition) is 1. The van der Waals surface area contributed by atoms with Gasteiger partial charge < -0.3 is 5.11 Å². The molecule has 1 atom stereocenters. The summed E-state index contributed by atoms with van der Waals surface area (Å²) in [6, 6.07) is 13.1. The van der Waals surface area contributed by atoms with Crippen LogP contribution in [0.4, 0.5) is 4.39 Å². The number of aliphatic hydroxyl groups excluding tert-OH is 1. The zero-order valence-corrected chi connectivity index (χ0v) is 9.10. The quantitative estimate of drug-likeness (QED) is 0.781. The number of aliphatic hydroxyl groups is 1. The third-order valence-corrected chi connectivity index (χ3v) is 2.58. The molecule has 1 unspecified atom stereocenters. The Hall–Kier alpha value is -2.11. The van der Waals surface area contributed by atoms with Gasteiger partial charge in [-0.25, -0.2) is 4.39 Å². The number of terminal acetylenes is 1. The van der Waals surface area contributed by atoms with E-state index in [9.17, 15) is 9.50 Å². The molecule has 0 saturated heterocycles. The minimum Gasteiger partial charge on any atom is -0.384 e. The van der Waals surface area contributed by atoms with Crippen molar-refractivity contribution in [2.24, 2.45) is 0 Å². The van der Waals surface area contributed by atoms with Gasteiger partial charge in [-0.3, -0.25) is 0 Å². The molecule has 0 radical (unpaired) electrons. The molecule has 0 heterocycles. The van der Waals surface area contributed by atoms with Gasteiger partial charge in [0.2, 0.25) is 0 Å². The predicted octanol–water partition coefficient (Wildman–Crippen LogP) is 2.89. The molecule has 2 aromatic carbocycles. The van der Waals surface area contributed by atoms with Gasteiger partial charge in [0.1, 0.15) is 11.9 Å². The molecule has 2 heteroatoms. The van der Waals surface area contributed by atoms with Crippen molar-refractivity contribution in [3.8, 4) is 12.3 Å². The smallest absolute Gasteiger partial charge is 0.123 e. The standard InChI is InChI=1S/C15H11FO/c1-2-11-8-9-13(16)10-14(11)15(17)12-6-4-3-5-7-12/h1,3-10,15,17H. The highest BCUT2D eigenvalue weighted by Gasteiger charge is 2.14. The fraction of sp³-hybridized carbons (Fsp3) is 0.0667. The second-order valence-electron chi connectivity index (χ2n) is 3.69. The van der Waals surface area contributed by atoms with Crippen LogP contribution in [0.5, 0.6) is 0 Å². The molecule has 0 aromatic heterocycles. The van der Waals surface area contributed by atoms with Crippen molar-refractivity contribution in [3.63, 3.8) is 0 Å². The van der Waals surface area contributed by atoms with E-state index in [1.807, 2.05) is 18.2 Å². The lowest BCUT2D eigenvalue weighted by molar-refractivity contribution is 0.219. The van der Waals surface area contributed by atoms with Gasteiger partial charge in [-0.2, -0.15) is 0 Å². The average Bonchev–Trinajstić information content (AvgIpc) is 2.39. The van der Waals surface area contributed by atoms with Crippen LogP contribution in [0, 0.1) is 18.2 Å². The highest BCUT2D eigenvalue weighted by Crippen LogP contribution is 2.25. The van der Waals surface area contributed by atoms with Gasteiger partial charge in [0.05, 0.1) is 0 Å². The summed E-state index contributed by atoms with van der Waals surface area (Å²) >= 11 is 0. The van der Waals surface area contributed by atoms with E-state index >= 15 is 0 Å². The molecule has 0 bridgehead atoms. The third-order valence-electron chi connectivity index (χ3n) is 2.58. The number of halogens is 1. The molecule has 84 valence electrons. The lowest BCUT2D eigenvalue weighted by atomic mass is 9.97. The first-order valence-corrected chi connectivity index (χ1v) is 5.21. The summed E-state index contributed by atoms with van der Waals surface area (Å²) in [5.74, 6) is 2.04. The van der Waals surface area contributed by atoms with Crippen LogP contribution in [-0.4, -0.2) is 5.11 Å². The summed E-state index contributed by atoms with van der Waals surface area (Å²) < 4.78 is 13.2. The maximum Gasteiger partial charge on any atom is 0.123 e. The van der Waals surface area contributed by atoms with Crippen molar-refractivity contribution < 1.29 is 9.50 Å². The van der Waals surface area contributed by atoms with Crippen LogP contribution in [0.1, 0.15) is 22.8 Å². The average molecular weight is 226 g/mol. The number of rotatable bonds is 2. The van der Waals surface area contributed by atoms with Gasteiger partial charge in [-0.15, -0.1) is 6.42 Å². The Morgan fingerprint density at radius 2 is 1.82 bits per heavy atom. The molecular weight excluding hydrogens is 215 g/mol. The van der Waals surface area contributed by atoms with E-state index < -0.39 is 11.9 Å². The van der Waals surface area contributed by atoms with Crippen LogP contribution in [0.25, 0.3) is 0 Å². The van der Waals surface area contributed by atoms with E-state index in [2.05, 4.69) is 5.92 Å². The lowest BCUT2D eigenvalue weighted by Crippen LogP contribution is -2.02. The summed E-state index contributed by atoms with van der Waals surface area (Å²) in [4.78, 5) is 0. The van der Waals surface area contributed by atoms with E-state index in [-0.39, 0.29) is 0 Å². The van der Waals surface area contributed by atoms with Gasteiger partial charge in [-0.05, 0) is 23.8 Å². The van der Waals surface area contributed by atoms with E-state index in [1.165, 1.54) is 18.2 Å². The minimum atomic E-state index is -0.905. The molecule has 1 nitrogen and oxygen atoms in total. The summed E-state index contributed by atoms with van der Waals surface area (Å²) in [7, 11) is 0. The van der Waals surface area contributed by atoms with E-state index in [4.69, 9.17) is 6.42 Å². The normalized spacial score (nSPS) is 11.8. The maximum atomic E-state index is 13.2. The lowest BCUT2D eigenvalue weighted by Gasteiger charge is -2.13. The molecule has 2 rings (SSSR count). The van der Waals surface area contributed by atoms with Crippen LogP contribution >= 0.6 is 0 Å². The first kappa shape index (κ1) is 11.4. The van der Waals surface area contributed by atoms with Crippen LogP contribution in [0.15, 0.2) is 48.5 Å². The Morgan fingerprint density at radius 3 is 2.47 bits per heavy atom. The largest absolute Gasteiger partial charge is 0.384 e. The first-order valence-electron chi connectivity index (χ1n) is 5.21. The van der Waals surface area contributed by atoms with Gasteiger partial charge >= 0.3 is 0 Å². The van der Waals surface area contributed by atoms with Crippen LogP contribution in [-0.2, 0) is 0 Å². The predicted molar refractivity (Wildman–Crippen MR) is 64.8 cm³/mol. The number of benzene rings is 2. The summed E-state index contributed by atoms with van der Waals surface area (Å²) in [5.41, 5.74) is 1.61. The van der Waals surface area contributed by atoms with Crippen molar-refractivity contribution in [1.82, 2.24) is 0 Å². The van der Waals surface area contributed by atoms with Gasteiger partial charge in [0.25, 0.3) is 0 Å². The van der Waals surface area contributed by atoms with Gasteiger partial charge in [-0.1, -0.05) is 36.3 Å². The van der Waals surface area contributed by atoms with Crippen molar-refractivity contribution in [2.45, 2.75) is 6.10 Å². The van der Waals surface area contributed by atoms with Crippen molar-refractivity contribution in [1.29, 1.82) is 0 Å². The van der Waals surface area contributed by atoms with Crippen LogP contribution < -0.4 is 0 Å². The SMILES string of the molecule is C#Cc1ccc(F)cc1C(O)c1ccccc1. The van der Waals surface area contributed by atoms with Gasteiger partial charge in [0, 0.05) is 11.1 Å². The molecule has 0 aliphatic rings. The molecule has 0 saturated carbocycles. The molecule has 1 N–H and O–H groups in total. The Kier molecular flexibility index (Phi) is 3.22. The van der Waals surface area contributed by atoms with Crippen molar-refractivity contribution in [3.05, 3.63) is 71.0 Å². The summed E-state index contributed by atoms with van der Waals surface area (Å²) in [6.45, 7) is 0. The van der Waals surface area contributed by atoms with E-state index in [0.29, 0.717) is 16.7 Å². The zero-order chi connectivity index (χ0) is 12.3. The topological polar surface area (TPSA) is 20.2 Å². The Bertz CT molecular complexity index is 555. The molecule has 0 spiro atoms. The highest BCUT2D eigenvalue weighted by molar-refractivity contribution is 5.44. The second kappa shape index (κ2) is 4.82. The fourth-order valence-corrected chi connectivity index (χ4v) is 1.71. The van der Waals surface area contributed by atoms with Crippen LogP contribution in [0.3, 0.4) is 0 Å². The second-order valence-corrected chi connectivity index (χ2v) is 3.69. The monoisotopic (exact) mass is 226 g/mol. The van der Waals surface area contributed by atoms with E-state index in [1.54, 1.807) is 12.1 Å². The minimum absolute atomic E-state index is 0.408. The molecular formula is C15H11FO. The third kappa shape index (κ3) is 2.35. The molecule has 17 heavy (non-hydrogen) atoms. The molecule has 0 amide bonds. The molecule has 0 aliphatic heterocycles. The Morgan fingerprint density at radius 1 is 1.12 bits per heavy atom. The Labute approximate surface area is 99.5 Å². The highest BCUT2D eigenvalue weighted by atomic mass is 19.1. The van der Waals surface area contributed by atoms with E-state index in [0.717, 1.165) is 0 Å². The van der Waals surface area contributed by atoms with Crippen molar-refractivity contribution >= 4 is 0 Å². The summed E-state index contributed by atoms with van der Waals surface area (Å²) in [5, 5.41) is 10.2. The fourth-order valence-electron chi connectivity index (χ4n) is 1.71. The summed E-state index contributed by atoms with van der Waals surface area (Å²) in [6.07, 6.45) is 4.43. The molecule has 2 aromatic rings. The van der Waals surface area contributed by atoms with Gasteiger partial charge in [0.15, 0.2) is 0 Å². The number of hydrogen-bond donors (Lipinski definition) is 1. The molecule has 0 aliphatic carbocycles. The first-order chi connectivity index (χ1) is 8.22. The molecule has 0 fully saturated rings. The zero-order valence-electron chi connectivity index (χ0n) is 9.10. The van der Waals surface area contributed by atoms with Crippen LogP contribution in [0.2, 0.25) is 0 Å².